The molecule has 2 atom stereocenters. The number of halogens is 2. The monoisotopic (exact) mass is 455 g/mol. The van der Waals surface area contributed by atoms with Gasteiger partial charge in [0, 0.05) is 71.2 Å². The molecule has 0 saturated carbocycles. The first kappa shape index (κ1) is 23.6. The van der Waals surface area contributed by atoms with Crippen LogP contribution in [0.5, 0.6) is 11.5 Å². The number of rotatable bonds is 8. The van der Waals surface area contributed by atoms with Crippen molar-refractivity contribution < 1.29 is 28.1 Å². The van der Waals surface area contributed by atoms with Crippen molar-refractivity contribution in [1.29, 1.82) is 0 Å². The first-order valence-corrected chi connectivity index (χ1v) is 11.6. The molecule has 7 nitrogen and oxygen atoms in total. The van der Waals surface area contributed by atoms with Crippen LogP contribution in [0.15, 0.2) is 18.2 Å². The lowest BCUT2D eigenvalue weighted by Crippen LogP contribution is -2.49. The third kappa shape index (κ3) is 6.08. The van der Waals surface area contributed by atoms with E-state index in [0.717, 1.165) is 44.2 Å². The van der Waals surface area contributed by atoms with Gasteiger partial charge in [0.25, 0.3) is 5.92 Å². The van der Waals surface area contributed by atoms with Gasteiger partial charge >= 0.3 is 0 Å². The fourth-order valence-corrected chi connectivity index (χ4v) is 4.81. The summed E-state index contributed by atoms with van der Waals surface area (Å²) >= 11 is 0. The Morgan fingerprint density at radius 3 is 2.53 bits per heavy atom. The van der Waals surface area contributed by atoms with Gasteiger partial charge in [-0.25, -0.2) is 8.78 Å². The summed E-state index contributed by atoms with van der Waals surface area (Å²) in [6, 6.07) is 5.85. The maximum Gasteiger partial charge on any atom is 0.250 e. The first-order valence-electron chi connectivity index (χ1n) is 11.6. The minimum Gasteiger partial charge on any atom is -0.493 e. The highest BCUT2D eigenvalue weighted by molar-refractivity contribution is 5.43. The second-order valence-corrected chi connectivity index (χ2v) is 9.01. The van der Waals surface area contributed by atoms with Crippen molar-refractivity contribution in [3.8, 4) is 11.5 Å². The van der Waals surface area contributed by atoms with E-state index in [4.69, 9.17) is 14.2 Å². The van der Waals surface area contributed by atoms with Crippen molar-refractivity contribution in [3.63, 3.8) is 0 Å². The summed E-state index contributed by atoms with van der Waals surface area (Å²) in [5.41, 5.74) is 1.07. The number of alkyl halides is 2. The molecular formula is C23H35F2N3O4. The number of ether oxygens (including phenoxy) is 3. The van der Waals surface area contributed by atoms with Gasteiger partial charge in [0.05, 0.1) is 26.4 Å². The van der Waals surface area contributed by atoms with Gasteiger partial charge in [-0.1, -0.05) is 6.07 Å². The average Bonchev–Trinajstić information content (AvgIpc) is 3.15. The van der Waals surface area contributed by atoms with Gasteiger partial charge in [0.15, 0.2) is 11.5 Å². The quantitative estimate of drug-likeness (QED) is 0.640. The molecule has 3 saturated heterocycles. The van der Waals surface area contributed by atoms with Crippen LogP contribution in [0.1, 0.15) is 18.4 Å². The molecule has 3 aliphatic rings. The number of methoxy groups -OCH3 is 1. The molecule has 0 radical (unpaired) electrons. The zero-order valence-corrected chi connectivity index (χ0v) is 18.8. The molecule has 1 aromatic rings. The van der Waals surface area contributed by atoms with E-state index in [0.29, 0.717) is 45.1 Å². The van der Waals surface area contributed by atoms with Crippen molar-refractivity contribution >= 4 is 0 Å². The van der Waals surface area contributed by atoms with E-state index < -0.39 is 12.0 Å². The number of aliphatic hydroxyl groups is 1. The Balaban J connectivity index is 1.28. The molecule has 1 aromatic carbocycles. The molecule has 0 spiro atoms. The van der Waals surface area contributed by atoms with E-state index in [1.165, 1.54) is 0 Å². The number of piperidine rings is 1. The average molecular weight is 456 g/mol. The minimum atomic E-state index is -2.57. The normalized spacial score (nSPS) is 27.5. The first-order chi connectivity index (χ1) is 15.4. The molecule has 9 heteroatoms. The molecule has 1 N–H and O–H groups in total. The SMILES string of the molecule is COc1cc(CN2C[C@H](O)[C@@H](N3CCC(F)(F)CC3)C2)ccc1OCCN1CCOCC1. The number of β-amino-alcohol motifs (C(OH)–C–C–N with tert-alkyl or cyclic N) is 1. The highest BCUT2D eigenvalue weighted by Crippen LogP contribution is 2.32. The predicted octanol–water partition coefficient (Wildman–Crippen LogP) is 1.68. The Bertz CT molecular complexity index is 738. The number of nitrogens with zero attached hydrogens (tertiary/aromatic N) is 3. The lowest BCUT2D eigenvalue weighted by atomic mass is 10.0. The number of aliphatic hydroxyl groups excluding tert-OH is 1. The van der Waals surface area contributed by atoms with E-state index in [2.05, 4.69) is 9.80 Å². The summed E-state index contributed by atoms with van der Waals surface area (Å²) < 4.78 is 43.8. The molecule has 3 heterocycles. The van der Waals surface area contributed by atoms with E-state index in [-0.39, 0.29) is 18.9 Å². The highest BCUT2D eigenvalue weighted by atomic mass is 19.3. The number of morpholine rings is 1. The van der Waals surface area contributed by atoms with Crippen molar-refractivity contribution in [3.05, 3.63) is 23.8 Å². The van der Waals surface area contributed by atoms with Gasteiger partial charge in [-0.3, -0.25) is 14.7 Å². The minimum absolute atomic E-state index is 0.0872. The lowest BCUT2D eigenvalue weighted by Gasteiger charge is -2.36. The standard InChI is InChI=1S/C23H35F2N3O4/c1-30-22-14-18(2-3-21(22)32-13-10-26-8-11-31-12-9-26)15-27-16-19(20(29)17-27)28-6-4-23(24,25)5-7-28/h2-3,14,19-20,29H,4-13,15-17H2,1H3/t19-,20-/m0/s1. The van der Waals surface area contributed by atoms with Crippen LogP contribution in [0.4, 0.5) is 8.78 Å². The van der Waals surface area contributed by atoms with Crippen LogP contribution in [0.25, 0.3) is 0 Å². The summed E-state index contributed by atoms with van der Waals surface area (Å²) in [4.78, 5) is 6.52. The summed E-state index contributed by atoms with van der Waals surface area (Å²) in [5, 5.41) is 10.5. The maximum atomic E-state index is 13.5. The Kier molecular flexibility index (Phi) is 7.83. The largest absolute Gasteiger partial charge is 0.493 e. The zero-order chi connectivity index (χ0) is 22.6. The topological polar surface area (TPSA) is 57.6 Å². The number of hydrogen-bond donors (Lipinski definition) is 1. The fourth-order valence-electron chi connectivity index (χ4n) is 4.81. The Morgan fingerprint density at radius 2 is 1.81 bits per heavy atom. The van der Waals surface area contributed by atoms with Crippen LogP contribution in [0, 0.1) is 0 Å². The third-order valence-electron chi connectivity index (χ3n) is 6.74. The highest BCUT2D eigenvalue weighted by Gasteiger charge is 2.41. The Labute approximate surface area is 188 Å². The number of benzene rings is 1. The van der Waals surface area contributed by atoms with Crippen molar-refractivity contribution in [2.45, 2.75) is 37.5 Å². The molecule has 0 aliphatic carbocycles. The molecule has 0 amide bonds. The van der Waals surface area contributed by atoms with Crippen LogP contribution in [-0.2, 0) is 11.3 Å². The van der Waals surface area contributed by atoms with Gasteiger partial charge in [0.1, 0.15) is 6.61 Å². The van der Waals surface area contributed by atoms with Crippen LogP contribution in [0.3, 0.4) is 0 Å². The second-order valence-electron chi connectivity index (χ2n) is 9.01. The molecule has 0 aromatic heterocycles. The Morgan fingerprint density at radius 1 is 1.06 bits per heavy atom. The van der Waals surface area contributed by atoms with E-state index in [9.17, 15) is 13.9 Å². The van der Waals surface area contributed by atoms with Gasteiger partial charge in [-0.05, 0) is 17.7 Å². The maximum absolute atomic E-state index is 13.5. The molecule has 0 bridgehead atoms. The summed E-state index contributed by atoms with van der Waals surface area (Å²) in [6.45, 7) is 7.41. The smallest absolute Gasteiger partial charge is 0.250 e. The van der Waals surface area contributed by atoms with Gasteiger partial charge < -0.3 is 19.3 Å². The van der Waals surface area contributed by atoms with Gasteiger partial charge in [-0.15, -0.1) is 0 Å². The van der Waals surface area contributed by atoms with E-state index in [1.54, 1.807) is 7.11 Å². The van der Waals surface area contributed by atoms with Crippen LogP contribution >= 0.6 is 0 Å². The zero-order valence-electron chi connectivity index (χ0n) is 18.8. The molecule has 32 heavy (non-hydrogen) atoms. The molecular weight excluding hydrogens is 420 g/mol. The van der Waals surface area contributed by atoms with Gasteiger partial charge in [0.2, 0.25) is 0 Å². The van der Waals surface area contributed by atoms with Crippen LogP contribution in [-0.4, -0.2) is 111 Å². The summed E-state index contributed by atoms with van der Waals surface area (Å²) in [6.07, 6.45) is -0.771. The predicted molar refractivity (Wildman–Crippen MR) is 117 cm³/mol. The molecule has 3 aliphatic heterocycles. The molecule has 3 fully saturated rings. The van der Waals surface area contributed by atoms with Crippen LogP contribution < -0.4 is 9.47 Å². The van der Waals surface area contributed by atoms with E-state index >= 15 is 0 Å². The fraction of sp³-hybridized carbons (Fsp3) is 0.739. The summed E-state index contributed by atoms with van der Waals surface area (Å²) in [5.74, 6) is -1.15. The molecule has 180 valence electrons. The van der Waals surface area contributed by atoms with Crippen molar-refractivity contribution in [1.82, 2.24) is 14.7 Å². The third-order valence-corrected chi connectivity index (χ3v) is 6.74. The summed E-state index contributed by atoms with van der Waals surface area (Å²) in [7, 11) is 1.63. The second kappa shape index (κ2) is 10.6. The molecule has 0 unspecified atom stereocenters. The number of hydrogen-bond acceptors (Lipinski definition) is 7. The molecule has 4 rings (SSSR count). The van der Waals surface area contributed by atoms with Crippen LogP contribution in [0.2, 0.25) is 0 Å². The van der Waals surface area contributed by atoms with Gasteiger partial charge in [-0.2, -0.15) is 0 Å². The van der Waals surface area contributed by atoms with Crippen molar-refractivity contribution in [2.75, 3.05) is 72.7 Å². The van der Waals surface area contributed by atoms with Crippen molar-refractivity contribution in [2.24, 2.45) is 0 Å². The number of likely N-dealkylation sites (tertiary alicyclic amines) is 2. The van der Waals surface area contributed by atoms with E-state index in [1.807, 2.05) is 23.1 Å². The Hall–Kier alpha value is -1.52. The lowest BCUT2D eigenvalue weighted by molar-refractivity contribution is -0.0698.